The molecule has 2 aliphatic rings. The van der Waals surface area contributed by atoms with E-state index in [1.54, 1.807) is 0 Å². The average molecular weight is 360 g/mol. The number of nitrogens with zero attached hydrogens (tertiary/aromatic N) is 3. The summed E-state index contributed by atoms with van der Waals surface area (Å²) in [5, 5.41) is 0.720. The van der Waals surface area contributed by atoms with E-state index in [0.717, 1.165) is 42.1 Å². The highest BCUT2D eigenvalue weighted by Gasteiger charge is 2.39. The van der Waals surface area contributed by atoms with Crippen molar-refractivity contribution in [1.82, 2.24) is 13.6 Å². The minimum absolute atomic E-state index is 0. The Labute approximate surface area is 136 Å². The van der Waals surface area contributed by atoms with Crippen LogP contribution in [-0.4, -0.2) is 45.2 Å². The largest absolute Gasteiger partial charge is 0.389 e. The summed E-state index contributed by atoms with van der Waals surface area (Å²) in [5.74, 6) is 1.00. The van der Waals surface area contributed by atoms with E-state index >= 15 is 0 Å². The van der Waals surface area contributed by atoms with Gasteiger partial charge < -0.3 is 4.90 Å². The zero-order valence-electron chi connectivity index (χ0n) is 11.3. The Hall–Kier alpha value is -0.0500. The average Bonchev–Trinajstić information content (AvgIpc) is 2.93. The predicted molar refractivity (Wildman–Crippen MR) is 80.5 cm³/mol. The van der Waals surface area contributed by atoms with E-state index < -0.39 is 12.6 Å². The molecule has 1 aromatic heterocycles. The van der Waals surface area contributed by atoms with Crippen LogP contribution in [0.25, 0.3) is 0 Å². The van der Waals surface area contributed by atoms with Crippen LogP contribution in [0.15, 0.2) is 5.03 Å². The lowest BCUT2D eigenvalue weighted by Gasteiger charge is -2.21. The van der Waals surface area contributed by atoms with Crippen molar-refractivity contribution in [3.8, 4) is 0 Å². The van der Waals surface area contributed by atoms with Crippen LogP contribution in [0.4, 0.5) is 13.2 Å². The van der Waals surface area contributed by atoms with Crippen LogP contribution in [0.3, 0.4) is 0 Å². The number of halogens is 4. The Kier molecular flexibility index (Phi) is 5.78. The molecule has 3 atom stereocenters. The second-order valence-corrected chi connectivity index (χ2v) is 7.05. The molecule has 3 rings (SSSR count). The Bertz CT molecular complexity index is 469. The number of alkyl halides is 3. The third-order valence-electron chi connectivity index (χ3n) is 4.02. The number of fused-ring (bicyclic) bond motifs is 2. The van der Waals surface area contributed by atoms with Gasteiger partial charge in [0.2, 0.25) is 0 Å². The molecule has 0 aliphatic carbocycles. The molecule has 0 aromatic carbocycles. The Balaban J connectivity index is 0.00000161. The smallest absolute Gasteiger partial charge is 0.302 e. The number of piperidine rings is 1. The molecule has 0 radical (unpaired) electrons. The van der Waals surface area contributed by atoms with E-state index in [0.29, 0.717) is 11.8 Å². The van der Waals surface area contributed by atoms with E-state index in [4.69, 9.17) is 0 Å². The van der Waals surface area contributed by atoms with Crippen molar-refractivity contribution in [1.29, 1.82) is 0 Å². The number of thioether (sulfide) groups is 1. The van der Waals surface area contributed by atoms with Gasteiger partial charge in [0, 0.05) is 24.8 Å². The Morgan fingerprint density at radius 1 is 1.29 bits per heavy atom. The quantitative estimate of drug-likeness (QED) is 0.764. The van der Waals surface area contributed by atoms with Crippen molar-refractivity contribution in [2.75, 3.05) is 25.4 Å². The highest BCUT2D eigenvalue weighted by Crippen LogP contribution is 2.41. The van der Waals surface area contributed by atoms with Crippen LogP contribution >= 0.6 is 35.9 Å². The lowest BCUT2D eigenvalue weighted by atomic mass is 9.89. The highest BCUT2D eigenvalue weighted by atomic mass is 35.5. The van der Waals surface area contributed by atoms with Crippen molar-refractivity contribution >= 4 is 35.9 Å². The summed E-state index contributed by atoms with van der Waals surface area (Å²) in [7, 11) is 0. The van der Waals surface area contributed by atoms with Gasteiger partial charge in [0.25, 0.3) is 0 Å². The van der Waals surface area contributed by atoms with Crippen molar-refractivity contribution in [3.05, 3.63) is 5.69 Å². The van der Waals surface area contributed by atoms with E-state index in [2.05, 4.69) is 13.6 Å². The van der Waals surface area contributed by atoms with Crippen molar-refractivity contribution < 1.29 is 13.2 Å². The van der Waals surface area contributed by atoms with Gasteiger partial charge in [-0.15, -0.1) is 24.2 Å². The highest BCUT2D eigenvalue weighted by molar-refractivity contribution is 7.99. The normalized spacial score (nSPS) is 28.4. The lowest BCUT2D eigenvalue weighted by molar-refractivity contribution is -0.129. The van der Waals surface area contributed by atoms with Gasteiger partial charge in [-0.3, -0.25) is 0 Å². The maximum absolute atomic E-state index is 12.2. The van der Waals surface area contributed by atoms with Crippen molar-refractivity contribution in [3.63, 3.8) is 0 Å². The van der Waals surface area contributed by atoms with E-state index in [1.807, 2.05) is 0 Å². The SMILES string of the molecule is Cl.FC(F)(F)CCSc1nsnc1[C@@H]1CN2CCC[C@H]1C2. The van der Waals surface area contributed by atoms with Crippen LogP contribution in [0.1, 0.15) is 30.9 Å². The van der Waals surface area contributed by atoms with Crippen molar-refractivity contribution in [2.24, 2.45) is 5.92 Å². The molecular weight excluding hydrogens is 343 g/mol. The number of rotatable bonds is 4. The minimum atomic E-state index is -4.09. The summed E-state index contributed by atoms with van der Waals surface area (Å²) in [6.07, 6.45) is -2.44. The summed E-state index contributed by atoms with van der Waals surface area (Å²) in [4.78, 5) is 2.43. The molecule has 1 aromatic rings. The molecule has 3 heterocycles. The fourth-order valence-corrected chi connectivity index (χ4v) is 4.86. The second-order valence-electron chi connectivity index (χ2n) is 5.44. The van der Waals surface area contributed by atoms with Gasteiger partial charge in [-0.25, -0.2) is 0 Å². The molecule has 0 saturated carbocycles. The number of hydrogen-bond acceptors (Lipinski definition) is 5. The molecule has 3 nitrogen and oxygen atoms in total. The van der Waals surface area contributed by atoms with Gasteiger partial charge in [0.05, 0.1) is 23.8 Å². The van der Waals surface area contributed by atoms with Gasteiger partial charge in [0.15, 0.2) is 0 Å². The van der Waals surface area contributed by atoms with Crippen molar-refractivity contribution in [2.45, 2.75) is 36.4 Å². The summed E-state index contributed by atoms with van der Waals surface area (Å²) >= 11 is 2.32. The molecule has 2 fully saturated rings. The summed E-state index contributed by atoms with van der Waals surface area (Å²) < 4.78 is 45.2. The van der Waals surface area contributed by atoms with Gasteiger partial charge in [-0.2, -0.15) is 21.9 Å². The molecule has 0 N–H and O–H groups in total. The summed E-state index contributed by atoms with van der Waals surface area (Å²) in [5.41, 5.74) is 0.941. The maximum atomic E-state index is 12.2. The monoisotopic (exact) mass is 359 g/mol. The van der Waals surface area contributed by atoms with E-state index in [-0.39, 0.29) is 18.2 Å². The molecule has 120 valence electrons. The summed E-state index contributed by atoms with van der Waals surface area (Å²) in [6, 6.07) is 0. The third kappa shape index (κ3) is 4.24. The molecular formula is C12H17ClF3N3S2. The lowest BCUT2D eigenvalue weighted by Crippen LogP contribution is -2.25. The van der Waals surface area contributed by atoms with Gasteiger partial charge >= 0.3 is 6.18 Å². The molecule has 2 saturated heterocycles. The molecule has 0 spiro atoms. The van der Waals surface area contributed by atoms with Crippen LogP contribution in [0.2, 0.25) is 0 Å². The van der Waals surface area contributed by atoms with Gasteiger partial charge in [0.1, 0.15) is 5.03 Å². The first-order chi connectivity index (χ1) is 9.53. The first-order valence-corrected chi connectivity index (χ1v) is 8.49. The van der Waals surface area contributed by atoms with Crippen LogP contribution in [0.5, 0.6) is 0 Å². The third-order valence-corrected chi connectivity index (χ3v) is 5.66. The first kappa shape index (κ1) is 17.3. The zero-order valence-corrected chi connectivity index (χ0v) is 13.8. The molecule has 2 bridgehead atoms. The molecule has 21 heavy (non-hydrogen) atoms. The minimum Gasteiger partial charge on any atom is -0.302 e. The second kappa shape index (κ2) is 7.02. The Morgan fingerprint density at radius 3 is 2.81 bits per heavy atom. The number of aromatic nitrogens is 2. The van der Waals surface area contributed by atoms with Gasteiger partial charge in [-0.1, -0.05) is 0 Å². The van der Waals surface area contributed by atoms with Gasteiger partial charge in [-0.05, 0) is 25.3 Å². The number of hydrogen-bond donors (Lipinski definition) is 0. The van der Waals surface area contributed by atoms with E-state index in [9.17, 15) is 13.2 Å². The predicted octanol–water partition coefficient (Wildman–Crippen LogP) is 3.81. The standard InChI is InChI=1S/C12H16F3N3S2.ClH/c13-12(14,15)3-5-19-11-10(16-20-17-11)9-7-18-4-1-2-8(9)6-18;/h8-9H,1-7H2;1H/t8-,9+;/m0./s1. The molecule has 0 amide bonds. The van der Waals surface area contributed by atoms with E-state index in [1.165, 1.54) is 24.6 Å². The zero-order chi connectivity index (χ0) is 14.2. The van der Waals surface area contributed by atoms with Crippen LogP contribution in [0, 0.1) is 5.92 Å². The molecule has 9 heteroatoms. The summed E-state index contributed by atoms with van der Waals surface area (Å²) in [6.45, 7) is 3.23. The fraction of sp³-hybridized carbons (Fsp3) is 0.833. The topological polar surface area (TPSA) is 29.0 Å². The molecule has 2 aliphatic heterocycles. The fourth-order valence-electron chi connectivity index (χ4n) is 3.10. The van der Waals surface area contributed by atoms with Crippen LogP contribution < -0.4 is 0 Å². The maximum Gasteiger partial charge on any atom is 0.389 e. The van der Waals surface area contributed by atoms with Crippen LogP contribution in [-0.2, 0) is 0 Å². The first-order valence-electron chi connectivity index (χ1n) is 6.77. The Morgan fingerprint density at radius 2 is 2.10 bits per heavy atom. The molecule has 1 unspecified atom stereocenters.